The van der Waals surface area contributed by atoms with Crippen LogP contribution in [-0.4, -0.2) is 225 Å². The van der Waals surface area contributed by atoms with Crippen molar-refractivity contribution in [2.24, 2.45) is 94.7 Å². The van der Waals surface area contributed by atoms with E-state index in [9.17, 15) is 38.4 Å². The first-order valence-corrected chi connectivity index (χ1v) is 37.0. The number of nitrogens with zero attached hydrogens (tertiary/aromatic N) is 14. The lowest BCUT2D eigenvalue weighted by molar-refractivity contribution is -0.142. The molecule has 8 amide bonds. The van der Waals surface area contributed by atoms with E-state index < -0.39 is 19.7 Å². The largest absolute Gasteiger partial charge is 0.338 e. The van der Waals surface area contributed by atoms with Gasteiger partial charge in [-0.3, -0.25) is 68.2 Å². The Bertz CT molecular complexity index is 3950. The predicted molar refractivity (Wildman–Crippen MR) is 381 cm³/mol. The van der Waals surface area contributed by atoms with Crippen molar-refractivity contribution in [1.82, 2.24) is 65.0 Å². The first-order valence-electron chi connectivity index (χ1n) is 40.3. The number of imide groups is 4. The van der Waals surface area contributed by atoms with Gasteiger partial charge < -0.3 is 24.8 Å². The zero-order valence-corrected chi connectivity index (χ0v) is 58.5. The Hall–Kier alpha value is -8.09. The molecular formula is C75H97BrN16O9. The maximum absolute atomic E-state index is 12.8. The summed E-state index contributed by atoms with van der Waals surface area (Å²) in [6, 6.07) is 0.879. The Morgan fingerprint density at radius 1 is 0.475 bits per heavy atom. The Labute approximate surface area is 614 Å². The molecular weight excluding hydrogens is 1350 g/mol. The molecule has 0 radical (unpaired) electrons. The molecule has 18 rings (SSSR count). The summed E-state index contributed by atoms with van der Waals surface area (Å²) in [6.45, 7) is 3.95. The summed E-state index contributed by atoms with van der Waals surface area (Å²) >= 11 is 3.01. The van der Waals surface area contributed by atoms with E-state index in [0.29, 0.717) is 136 Å². The van der Waals surface area contributed by atoms with Crippen molar-refractivity contribution in [3.8, 4) is 36.5 Å². The number of hydrogen-bond donors (Lipinski definition) is 2. The molecule has 16 atom stereocenters. The monoisotopic (exact) mass is 1450 g/mol. The highest BCUT2D eigenvalue weighted by Crippen LogP contribution is 2.59. The molecule has 101 heavy (non-hydrogen) atoms. The summed E-state index contributed by atoms with van der Waals surface area (Å²) < 4.78 is 67.2. The van der Waals surface area contributed by atoms with Crippen LogP contribution in [0.1, 0.15) is 104 Å². The summed E-state index contributed by atoms with van der Waals surface area (Å²) in [7, 11) is 0. The van der Waals surface area contributed by atoms with E-state index in [1.807, 2.05) is 14.7 Å². The third-order valence-electron chi connectivity index (χ3n) is 23.6. The number of aromatic nitrogens is 6. The molecule has 8 bridgehead atoms. The number of piperazine rings is 3. The van der Waals surface area contributed by atoms with E-state index in [1.165, 1.54) is 51.9 Å². The summed E-state index contributed by atoms with van der Waals surface area (Å²) in [4.78, 5) is 145. The molecule has 2 N–H and O–H groups in total. The van der Waals surface area contributed by atoms with E-state index in [-0.39, 0.29) is 128 Å². The van der Waals surface area contributed by atoms with Crippen LogP contribution in [0.15, 0.2) is 55.3 Å². The van der Waals surface area contributed by atoms with Gasteiger partial charge in [0.05, 0.1) is 79.1 Å². The number of fused-ring (bicyclic) bond motifs is 20. The Balaban J connectivity index is 0.000000140. The second-order valence-electron chi connectivity index (χ2n) is 28.6. The lowest BCUT2D eigenvalue weighted by atomic mass is 9.81. The van der Waals surface area contributed by atoms with Gasteiger partial charge in [-0.25, -0.2) is 29.9 Å². The fraction of sp³-hybridized carbons (Fsp3) is 0.640. The maximum Gasteiger partial charge on any atom is 0.234 e. The Morgan fingerprint density at radius 2 is 0.802 bits per heavy atom. The van der Waals surface area contributed by atoms with Crippen LogP contribution < -0.4 is 25.3 Å². The number of carbonyl (C=O) groups excluding carboxylic acids is 9. The molecule has 25 nitrogen and oxygen atoms in total. The summed E-state index contributed by atoms with van der Waals surface area (Å²) in [6.07, 6.45) is 32.6. The smallest absolute Gasteiger partial charge is 0.234 e. The number of nitrogens with one attached hydrogen (secondary N) is 2. The third kappa shape index (κ3) is 15.6. The summed E-state index contributed by atoms with van der Waals surface area (Å²) in [5, 5.41) is 6.36. The second-order valence-corrected chi connectivity index (χ2v) is 29.2. The Kier molecular flexibility index (Phi) is 20.6. The van der Waals surface area contributed by atoms with Crippen LogP contribution in [0.3, 0.4) is 0 Å². The van der Waals surface area contributed by atoms with Gasteiger partial charge in [-0.2, -0.15) is 0 Å². The topological polar surface area (TPSA) is 281 Å². The molecule has 8 saturated carbocycles. The molecule has 0 unspecified atom stereocenters. The molecule has 15 aliphatic rings. The van der Waals surface area contributed by atoms with Crippen molar-refractivity contribution < 1.29 is 56.9 Å². The SMILES string of the molecule is C#CCBr.C#CCN1C(=O)[C@@H]2[C@@H]3CC[C@@H](C3)[C@@H]2C1=O.O=C1NC(=O)[C@H]2[C@H]3CC[C@H](C3)[C@@H]12.[2H]C([2H])=O.[2H]c1cnc(N2CCN(C([2H])([2H])C#CCN3C(=O)[C@@H]4[C@@H]5CC[C@@H](C5)[C@@H]4C3=O)CC2)nc1.[2H]c1cnc(N2CCN(C([2H])([2H])CCCN3C(=O)[C@@H]4[C@@H]5CC[C@@H](C5)[C@@H]4C3=O)CC2)nc1.[2H]c1cnc(N2CCNCC2)nc1.[HH]. The molecule has 8 aliphatic carbocycles. The highest BCUT2D eigenvalue weighted by atomic mass is 79.9. The lowest BCUT2D eigenvalue weighted by Crippen LogP contribution is -2.47. The normalized spacial score (nSPS) is 33.9. The standard InChI is InChI=1S/C21H29N5O2.C21H25N5O2.C12H13NO2.C9H11NO2.C8H12N4.C3H3Br.CH2O.H2/c2*27-19-17-15-4-5-16(14-15)18(17)20(28)26(19)9-2-1-8-24-10-12-25(13-11-24)21-22-6-3-7-23-21;1-2-5-13-11(14)9-7-3-4-8(6-7)10(9)12(13)15;11-8-6-4-1-2-5(3-4)7(6)9(12)10-8;1-2-10-8(11-3-1)12-6-4-9-5-7-12;1-2-3-4;1-2;/h3,6-7,15-18H,1-2,4-5,8-14H2;3,6-7,15-18H,4-5,8-14H2;1,7-10H,3-6H2;4-7H,1-3H2,(H,10,11,12);1-3,9H,4-7H2;1H,3H2;1H2;1H/t2*15-,16+,17-,18+;7-,8+,9-,10+;4-,5+,6-,7+;;;;/i2*3D,8D2;;;1D;;1D2;. The van der Waals surface area contributed by atoms with Gasteiger partial charge in [0.1, 0.15) is 9.48 Å². The number of alkyl halides is 1. The van der Waals surface area contributed by atoms with Gasteiger partial charge in [0.15, 0.2) is 0 Å². The molecule has 0 spiro atoms. The number of likely N-dealkylation sites (tertiary alicyclic amines) is 3. The fourth-order valence-corrected chi connectivity index (χ4v) is 19.3. The summed E-state index contributed by atoms with van der Waals surface area (Å²) in [5.74, 6) is 14.7. The van der Waals surface area contributed by atoms with Crippen molar-refractivity contribution in [2.45, 2.75) is 89.9 Å². The van der Waals surface area contributed by atoms with Gasteiger partial charge in [-0.15, -0.1) is 12.8 Å². The molecule has 0 aromatic carbocycles. The van der Waals surface area contributed by atoms with E-state index in [4.69, 9.17) is 30.0 Å². The van der Waals surface area contributed by atoms with Crippen LogP contribution in [0.5, 0.6) is 0 Å². The lowest BCUT2D eigenvalue weighted by Gasteiger charge is -2.34. The van der Waals surface area contributed by atoms with Crippen LogP contribution in [0.2, 0.25) is 0 Å². The van der Waals surface area contributed by atoms with Gasteiger partial charge in [-0.1, -0.05) is 39.6 Å². The molecule has 538 valence electrons. The molecule has 3 aromatic rings. The number of carbonyl (C=O) groups is 9. The van der Waals surface area contributed by atoms with Gasteiger partial charge in [0, 0.05) is 126 Å². The number of rotatable bonds is 11. The van der Waals surface area contributed by atoms with Crippen molar-refractivity contribution >= 4 is 87.8 Å². The van der Waals surface area contributed by atoms with Gasteiger partial charge in [-0.05, 0) is 162 Å². The van der Waals surface area contributed by atoms with E-state index in [2.05, 4.69) is 85.0 Å². The van der Waals surface area contributed by atoms with Crippen molar-refractivity contribution in [1.29, 1.82) is 0 Å². The predicted octanol–water partition coefficient (Wildman–Crippen LogP) is 3.96. The van der Waals surface area contributed by atoms with Gasteiger partial charge >= 0.3 is 0 Å². The maximum atomic E-state index is 12.8. The number of anilines is 3. The zero-order valence-electron chi connectivity index (χ0n) is 65.9. The minimum atomic E-state index is -1.85. The van der Waals surface area contributed by atoms with E-state index >= 15 is 0 Å². The highest BCUT2D eigenvalue weighted by molar-refractivity contribution is 9.09. The summed E-state index contributed by atoms with van der Waals surface area (Å²) in [5.41, 5.74) is 0. The second kappa shape index (κ2) is 33.8. The zero-order chi connectivity index (χ0) is 78.5. The number of amides is 8. The van der Waals surface area contributed by atoms with Crippen molar-refractivity contribution in [3.05, 3.63) is 55.3 Å². The van der Waals surface area contributed by atoms with Crippen LogP contribution in [-0.2, 0) is 43.2 Å². The average molecular weight is 1460 g/mol. The van der Waals surface area contributed by atoms with E-state index in [0.717, 1.165) is 109 Å². The van der Waals surface area contributed by atoms with Gasteiger partial charge in [0.25, 0.3) is 0 Å². The average Bonchev–Trinajstić information content (AvgIpc) is 1.60. The van der Waals surface area contributed by atoms with Crippen LogP contribution >= 0.6 is 15.9 Å². The minimum absolute atomic E-state index is 0. The molecule has 15 fully saturated rings. The number of terminal acetylenes is 2. The molecule has 7 aliphatic heterocycles. The fourth-order valence-electron chi connectivity index (χ4n) is 19.3. The first-order chi connectivity index (χ1) is 52.7. The van der Waals surface area contributed by atoms with Crippen LogP contribution in [0, 0.1) is 131 Å². The number of halogens is 1. The van der Waals surface area contributed by atoms with E-state index in [1.54, 1.807) is 4.90 Å². The first kappa shape index (κ1) is 61.6. The van der Waals surface area contributed by atoms with Crippen LogP contribution in [0.25, 0.3) is 0 Å². The van der Waals surface area contributed by atoms with Crippen LogP contribution in [0.4, 0.5) is 17.8 Å². The quantitative estimate of drug-likeness (QED) is 0.156. The van der Waals surface area contributed by atoms with Crippen molar-refractivity contribution in [2.75, 3.05) is 131 Å². The van der Waals surface area contributed by atoms with Crippen molar-refractivity contribution in [3.63, 3.8) is 0 Å². The number of hydrogen-bond acceptors (Lipinski definition) is 21. The minimum Gasteiger partial charge on any atom is -0.338 e. The Morgan fingerprint density at radius 3 is 1.16 bits per heavy atom. The molecule has 7 saturated heterocycles. The van der Waals surface area contributed by atoms with Gasteiger partial charge in [0.2, 0.25) is 65.1 Å². The highest BCUT2D eigenvalue weighted by Gasteiger charge is 2.63. The molecule has 26 heteroatoms. The molecule has 10 heterocycles. The third-order valence-corrected chi connectivity index (χ3v) is 24.0. The molecule has 3 aromatic heterocycles.